The average Bonchev–Trinajstić information content (AvgIpc) is 2.60. The van der Waals surface area contributed by atoms with Crippen molar-refractivity contribution in [2.45, 2.75) is 45.1 Å². The second kappa shape index (κ2) is 3.60. The van der Waals surface area contributed by atoms with Gasteiger partial charge in [-0.15, -0.1) is 11.3 Å². The predicted molar refractivity (Wildman–Crippen MR) is 76.0 cm³/mol. The van der Waals surface area contributed by atoms with Crippen LogP contribution in [0.1, 0.15) is 43.7 Å². The van der Waals surface area contributed by atoms with Gasteiger partial charge in [0.1, 0.15) is 4.83 Å². The van der Waals surface area contributed by atoms with Gasteiger partial charge in [0.15, 0.2) is 0 Å². The maximum absolute atomic E-state index is 12.5. The summed E-state index contributed by atoms with van der Waals surface area (Å²) < 4.78 is 1.46. The van der Waals surface area contributed by atoms with Gasteiger partial charge in [-0.25, -0.2) is 4.79 Å². The lowest BCUT2D eigenvalue weighted by molar-refractivity contribution is -0.0200. The van der Waals surface area contributed by atoms with E-state index >= 15 is 0 Å². The van der Waals surface area contributed by atoms with Crippen molar-refractivity contribution in [2.75, 3.05) is 0 Å². The van der Waals surface area contributed by atoms with Gasteiger partial charge in [-0.1, -0.05) is 6.42 Å². The van der Waals surface area contributed by atoms with Crippen LogP contribution in [-0.4, -0.2) is 9.55 Å². The van der Waals surface area contributed by atoms with E-state index in [2.05, 4.69) is 4.98 Å². The summed E-state index contributed by atoms with van der Waals surface area (Å²) in [4.78, 5) is 28.2. The van der Waals surface area contributed by atoms with E-state index in [-0.39, 0.29) is 17.3 Å². The Morgan fingerprint density at radius 2 is 2.11 bits per heavy atom. The lowest BCUT2D eigenvalue weighted by Crippen LogP contribution is -2.50. The number of aromatic amines is 1. The van der Waals surface area contributed by atoms with Crippen LogP contribution in [0.3, 0.4) is 0 Å². The highest BCUT2D eigenvalue weighted by Crippen LogP contribution is 2.59. The molecule has 2 heterocycles. The molecular formula is C14H16N2O2S. The minimum Gasteiger partial charge on any atom is -0.298 e. The molecule has 100 valence electrons. The van der Waals surface area contributed by atoms with E-state index in [1.807, 2.05) is 12.3 Å². The molecule has 2 aliphatic carbocycles. The first kappa shape index (κ1) is 11.5. The molecule has 19 heavy (non-hydrogen) atoms. The topological polar surface area (TPSA) is 54.9 Å². The van der Waals surface area contributed by atoms with Gasteiger partial charge >= 0.3 is 5.69 Å². The molecule has 0 bridgehead atoms. The van der Waals surface area contributed by atoms with Gasteiger partial charge in [0.2, 0.25) is 0 Å². The minimum atomic E-state index is -0.237. The number of rotatable bonds is 1. The van der Waals surface area contributed by atoms with Crippen LogP contribution in [0.4, 0.5) is 0 Å². The van der Waals surface area contributed by atoms with E-state index in [4.69, 9.17) is 0 Å². The molecule has 0 saturated heterocycles. The van der Waals surface area contributed by atoms with Gasteiger partial charge in [-0.2, -0.15) is 0 Å². The molecule has 0 atom stereocenters. The summed E-state index contributed by atoms with van der Waals surface area (Å²) in [6.45, 7) is 1.93. The standard InChI is InChI=1S/C14H16N2O2S/c1-8-7-19-11-10(8)12(17)16(13(18)15-11)9-5-14(6-9)3-2-4-14/h7,9H,2-6H2,1H3,(H,15,18). The lowest BCUT2D eigenvalue weighted by Gasteiger charge is -2.54. The summed E-state index contributed by atoms with van der Waals surface area (Å²) in [6.07, 6.45) is 5.86. The number of aromatic nitrogens is 2. The van der Waals surface area contributed by atoms with Crippen molar-refractivity contribution in [3.05, 3.63) is 31.8 Å². The highest BCUT2D eigenvalue weighted by molar-refractivity contribution is 7.16. The van der Waals surface area contributed by atoms with E-state index < -0.39 is 0 Å². The molecule has 2 fully saturated rings. The van der Waals surface area contributed by atoms with Crippen molar-refractivity contribution in [3.63, 3.8) is 0 Å². The van der Waals surface area contributed by atoms with Crippen molar-refractivity contribution in [1.29, 1.82) is 0 Å². The van der Waals surface area contributed by atoms with E-state index in [9.17, 15) is 9.59 Å². The Kier molecular flexibility index (Phi) is 2.17. The average molecular weight is 276 g/mol. The zero-order valence-electron chi connectivity index (χ0n) is 10.9. The Balaban J connectivity index is 1.84. The van der Waals surface area contributed by atoms with E-state index in [1.165, 1.54) is 35.2 Å². The number of hydrogen-bond acceptors (Lipinski definition) is 3. The molecule has 2 aromatic heterocycles. The maximum Gasteiger partial charge on any atom is 0.329 e. The quantitative estimate of drug-likeness (QED) is 0.870. The minimum absolute atomic E-state index is 0.100. The van der Waals surface area contributed by atoms with Crippen molar-refractivity contribution >= 4 is 21.6 Å². The predicted octanol–water partition coefficient (Wildman–Crippen LogP) is 2.56. The molecule has 1 N–H and O–H groups in total. The van der Waals surface area contributed by atoms with Crippen LogP contribution in [0.2, 0.25) is 0 Å². The Bertz CT molecular complexity index is 771. The summed E-state index contributed by atoms with van der Waals surface area (Å²) in [5.74, 6) is 0. The summed E-state index contributed by atoms with van der Waals surface area (Å²) in [5.41, 5.74) is 1.10. The third-order valence-corrected chi connectivity index (χ3v) is 5.98. The van der Waals surface area contributed by atoms with Crippen molar-refractivity contribution in [1.82, 2.24) is 9.55 Å². The second-order valence-corrected chi connectivity index (χ2v) is 7.02. The molecule has 0 aromatic carbocycles. The van der Waals surface area contributed by atoms with Gasteiger partial charge in [0.25, 0.3) is 5.56 Å². The maximum atomic E-state index is 12.5. The number of H-pyrrole nitrogens is 1. The summed E-state index contributed by atoms with van der Waals surface area (Å²) in [5, 5.41) is 2.62. The van der Waals surface area contributed by atoms with Crippen LogP contribution in [0.15, 0.2) is 15.0 Å². The normalized spacial score (nSPS) is 21.5. The fourth-order valence-corrected chi connectivity index (χ4v) is 4.64. The van der Waals surface area contributed by atoms with Gasteiger partial charge in [0, 0.05) is 6.04 Å². The monoisotopic (exact) mass is 276 g/mol. The highest BCUT2D eigenvalue weighted by atomic mass is 32.1. The number of aryl methyl sites for hydroxylation is 1. The lowest BCUT2D eigenvalue weighted by atomic mass is 9.54. The Morgan fingerprint density at radius 1 is 1.37 bits per heavy atom. The third-order valence-electron chi connectivity index (χ3n) is 4.96. The van der Waals surface area contributed by atoms with E-state index in [0.717, 1.165) is 18.4 Å². The fraction of sp³-hybridized carbons (Fsp3) is 0.571. The molecule has 0 amide bonds. The molecule has 2 aliphatic rings. The molecule has 2 aromatic rings. The first-order valence-corrected chi connectivity index (χ1v) is 7.70. The summed E-state index contributed by atoms with van der Waals surface area (Å²) in [6, 6.07) is 0.111. The highest BCUT2D eigenvalue weighted by Gasteiger charge is 2.49. The smallest absolute Gasteiger partial charge is 0.298 e. The first-order valence-electron chi connectivity index (χ1n) is 6.82. The number of hydrogen-bond donors (Lipinski definition) is 1. The molecule has 1 spiro atoms. The number of nitrogens with zero attached hydrogens (tertiary/aromatic N) is 1. The van der Waals surface area contributed by atoms with Gasteiger partial charge in [0.05, 0.1) is 5.39 Å². The molecule has 4 rings (SSSR count). The van der Waals surface area contributed by atoms with Crippen LogP contribution in [0.25, 0.3) is 10.2 Å². The van der Waals surface area contributed by atoms with Gasteiger partial charge in [-0.3, -0.25) is 14.3 Å². The molecule has 5 heteroatoms. The second-order valence-electron chi connectivity index (χ2n) is 6.14. The van der Waals surface area contributed by atoms with Crippen molar-refractivity contribution < 1.29 is 0 Å². The third kappa shape index (κ3) is 1.45. The van der Waals surface area contributed by atoms with Crippen LogP contribution < -0.4 is 11.2 Å². The molecule has 0 radical (unpaired) electrons. The number of thiophene rings is 1. The Hall–Kier alpha value is -1.36. The van der Waals surface area contributed by atoms with Crippen molar-refractivity contribution in [3.8, 4) is 0 Å². The molecular weight excluding hydrogens is 260 g/mol. The Morgan fingerprint density at radius 3 is 2.74 bits per heavy atom. The van der Waals surface area contributed by atoms with Crippen LogP contribution >= 0.6 is 11.3 Å². The summed E-state index contributed by atoms with van der Waals surface area (Å²) >= 11 is 1.43. The van der Waals surface area contributed by atoms with Crippen LogP contribution in [0.5, 0.6) is 0 Å². The zero-order chi connectivity index (χ0) is 13.2. The Labute approximate surface area is 114 Å². The van der Waals surface area contributed by atoms with E-state index in [0.29, 0.717) is 15.6 Å². The molecule has 2 saturated carbocycles. The fourth-order valence-electron chi connectivity index (χ4n) is 3.71. The van der Waals surface area contributed by atoms with Gasteiger partial charge < -0.3 is 0 Å². The van der Waals surface area contributed by atoms with Crippen molar-refractivity contribution in [2.24, 2.45) is 5.41 Å². The number of fused-ring (bicyclic) bond motifs is 1. The SMILES string of the molecule is Cc1csc2[nH]c(=O)n(C3CC4(CCC4)C3)c(=O)c12. The molecule has 4 nitrogen and oxygen atoms in total. The first-order chi connectivity index (χ1) is 9.10. The molecule has 0 unspecified atom stereocenters. The summed E-state index contributed by atoms with van der Waals surface area (Å²) in [7, 11) is 0. The van der Waals surface area contributed by atoms with Gasteiger partial charge in [-0.05, 0) is 49.0 Å². The molecule has 0 aliphatic heterocycles. The van der Waals surface area contributed by atoms with E-state index in [1.54, 1.807) is 0 Å². The zero-order valence-corrected chi connectivity index (χ0v) is 11.7. The largest absolute Gasteiger partial charge is 0.329 e. The van der Waals surface area contributed by atoms with Crippen LogP contribution in [0, 0.1) is 12.3 Å². The van der Waals surface area contributed by atoms with Crippen LogP contribution in [-0.2, 0) is 0 Å². The number of nitrogens with one attached hydrogen (secondary N) is 1.